The Morgan fingerprint density at radius 2 is 1.83 bits per heavy atom. The van der Waals surface area contributed by atoms with Crippen LogP contribution in [0.2, 0.25) is 5.02 Å². The van der Waals surface area contributed by atoms with Crippen molar-refractivity contribution in [3.05, 3.63) is 75.8 Å². The van der Waals surface area contributed by atoms with Crippen molar-refractivity contribution < 1.29 is 19.4 Å². The third kappa shape index (κ3) is 3.87. The van der Waals surface area contributed by atoms with Gasteiger partial charge in [0.2, 0.25) is 0 Å². The second-order valence-electron chi connectivity index (χ2n) is 7.69. The average Bonchev–Trinajstić information content (AvgIpc) is 3.36. The van der Waals surface area contributed by atoms with Crippen molar-refractivity contribution in [2.24, 2.45) is 0 Å². The Morgan fingerprint density at radius 3 is 2.43 bits per heavy atom. The van der Waals surface area contributed by atoms with E-state index in [1.807, 2.05) is 24.3 Å². The molecule has 2 saturated heterocycles. The second-order valence-corrected chi connectivity index (χ2v) is 8.12. The second kappa shape index (κ2) is 8.62. The number of rotatable bonds is 5. The molecular formula is C24H24ClNO4. The summed E-state index contributed by atoms with van der Waals surface area (Å²) in [4.78, 5) is 27.5. The zero-order valence-electron chi connectivity index (χ0n) is 16.8. The lowest BCUT2D eigenvalue weighted by atomic mass is 9.94. The third-order valence-corrected chi connectivity index (χ3v) is 6.04. The van der Waals surface area contributed by atoms with E-state index in [2.05, 4.69) is 6.92 Å². The quantitative estimate of drug-likeness (QED) is 0.435. The predicted molar refractivity (Wildman–Crippen MR) is 115 cm³/mol. The zero-order valence-corrected chi connectivity index (χ0v) is 17.6. The molecule has 2 aliphatic rings. The van der Waals surface area contributed by atoms with Gasteiger partial charge in [-0.05, 0) is 54.7 Å². The smallest absolute Gasteiger partial charge is 0.295 e. The van der Waals surface area contributed by atoms with Gasteiger partial charge in [0.25, 0.3) is 11.7 Å². The largest absolute Gasteiger partial charge is 0.507 e. The average molecular weight is 426 g/mol. The predicted octanol–water partition coefficient (Wildman–Crippen LogP) is 4.50. The summed E-state index contributed by atoms with van der Waals surface area (Å²) >= 11 is 5.96. The number of aryl methyl sites for hydroxylation is 1. The highest BCUT2D eigenvalue weighted by Crippen LogP contribution is 2.40. The molecule has 2 aliphatic heterocycles. The highest BCUT2D eigenvalue weighted by atomic mass is 35.5. The molecule has 6 heteroatoms. The number of aliphatic hydroxyl groups is 1. The van der Waals surface area contributed by atoms with Crippen molar-refractivity contribution in [1.29, 1.82) is 0 Å². The highest BCUT2D eigenvalue weighted by Gasteiger charge is 2.47. The molecule has 2 aromatic rings. The number of amides is 1. The van der Waals surface area contributed by atoms with E-state index in [9.17, 15) is 14.7 Å². The van der Waals surface area contributed by atoms with Crippen molar-refractivity contribution in [3.63, 3.8) is 0 Å². The van der Waals surface area contributed by atoms with Crippen LogP contribution in [0.1, 0.15) is 42.5 Å². The summed E-state index contributed by atoms with van der Waals surface area (Å²) in [6.45, 7) is 3.05. The van der Waals surface area contributed by atoms with Gasteiger partial charge in [0.15, 0.2) is 0 Å². The molecule has 0 spiro atoms. The van der Waals surface area contributed by atoms with Crippen LogP contribution in [0.15, 0.2) is 54.1 Å². The molecule has 1 amide bonds. The Kier molecular flexibility index (Phi) is 5.93. The monoisotopic (exact) mass is 425 g/mol. The Hall–Kier alpha value is -2.63. The topological polar surface area (TPSA) is 66.8 Å². The van der Waals surface area contributed by atoms with Crippen LogP contribution in [0.4, 0.5) is 0 Å². The summed E-state index contributed by atoms with van der Waals surface area (Å²) < 4.78 is 5.71. The number of Topliss-reactive ketones (excluding diaryl/α,β-unsaturated/α-hetero) is 1. The number of carbonyl (C=O) groups is 2. The number of carbonyl (C=O) groups excluding carboxylic acids is 2. The fourth-order valence-electron chi connectivity index (χ4n) is 4.12. The molecule has 5 nitrogen and oxygen atoms in total. The van der Waals surface area contributed by atoms with Crippen LogP contribution in [-0.4, -0.2) is 41.0 Å². The molecule has 2 fully saturated rings. The van der Waals surface area contributed by atoms with E-state index in [1.165, 1.54) is 0 Å². The normalized spacial score (nSPS) is 23.3. The van der Waals surface area contributed by atoms with Crippen molar-refractivity contribution in [2.75, 3.05) is 13.2 Å². The lowest BCUT2D eigenvalue weighted by Crippen LogP contribution is -2.36. The van der Waals surface area contributed by atoms with Gasteiger partial charge in [-0.15, -0.1) is 0 Å². The Labute approximate surface area is 180 Å². The Bertz CT molecular complexity index is 975. The molecule has 0 aromatic heterocycles. The molecular weight excluding hydrogens is 402 g/mol. The maximum Gasteiger partial charge on any atom is 0.295 e. The van der Waals surface area contributed by atoms with Gasteiger partial charge in [-0.3, -0.25) is 9.59 Å². The van der Waals surface area contributed by atoms with Crippen LogP contribution in [0.25, 0.3) is 5.76 Å². The lowest BCUT2D eigenvalue weighted by Gasteiger charge is -2.27. The first-order valence-electron chi connectivity index (χ1n) is 10.2. The molecule has 156 valence electrons. The van der Waals surface area contributed by atoms with Crippen LogP contribution in [-0.2, 0) is 20.7 Å². The Morgan fingerprint density at radius 1 is 1.13 bits per heavy atom. The number of benzene rings is 2. The number of nitrogens with zero attached hydrogens (tertiary/aromatic N) is 1. The number of ketones is 1. The van der Waals surface area contributed by atoms with Gasteiger partial charge in [-0.1, -0.05) is 42.8 Å². The number of halogens is 1. The van der Waals surface area contributed by atoms with Gasteiger partial charge in [0, 0.05) is 23.7 Å². The van der Waals surface area contributed by atoms with E-state index in [0.717, 1.165) is 30.4 Å². The molecule has 0 aliphatic carbocycles. The summed E-state index contributed by atoms with van der Waals surface area (Å²) in [5.74, 6) is -1.47. The van der Waals surface area contributed by atoms with Gasteiger partial charge in [0.1, 0.15) is 5.76 Å². The molecule has 0 radical (unpaired) electrons. The summed E-state index contributed by atoms with van der Waals surface area (Å²) in [5.41, 5.74) is 2.50. The number of ether oxygens (including phenoxy) is 1. The summed E-state index contributed by atoms with van der Waals surface area (Å²) in [5, 5.41) is 11.5. The molecule has 4 rings (SSSR count). The molecule has 0 saturated carbocycles. The van der Waals surface area contributed by atoms with Gasteiger partial charge >= 0.3 is 0 Å². The summed E-state index contributed by atoms with van der Waals surface area (Å²) in [7, 11) is 0. The van der Waals surface area contributed by atoms with Gasteiger partial charge in [-0.2, -0.15) is 0 Å². The van der Waals surface area contributed by atoms with Crippen LogP contribution in [0.3, 0.4) is 0 Å². The summed E-state index contributed by atoms with van der Waals surface area (Å²) in [6.07, 6.45) is 2.58. The fraction of sp³-hybridized carbons (Fsp3) is 0.333. The van der Waals surface area contributed by atoms with E-state index >= 15 is 0 Å². The van der Waals surface area contributed by atoms with Crippen LogP contribution in [0.5, 0.6) is 0 Å². The maximum absolute atomic E-state index is 13.0. The van der Waals surface area contributed by atoms with E-state index < -0.39 is 17.7 Å². The molecule has 0 bridgehead atoms. The fourth-order valence-corrected chi connectivity index (χ4v) is 4.25. The molecule has 2 heterocycles. The minimum atomic E-state index is -0.676. The van der Waals surface area contributed by atoms with Crippen molar-refractivity contribution in [3.8, 4) is 0 Å². The molecule has 2 atom stereocenters. The van der Waals surface area contributed by atoms with Crippen LogP contribution < -0.4 is 0 Å². The van der Waals surface area contributed by atoms with Crippen LogP contribution in [0, 0.1) is 0 Å². The number of hydrogen-bond acceptors (Lipinski definition) is 4. The van der Waals surface area contributed by atoms with Gasteiger partial charge in [0.05, 0.1) is 17.7 Å². The zero-order chi connectivity index (χ0) is 21.3. The van der Waals surface area contributed by atoms with Crippen molar-refractivity contribution in [1.82, 2.24) is 4.90 Å². The van der Waals surface area contributed by atoms with Gasteiger partial charge in [-0.25, -0.2) is 0 Å². The first-order valence-corrected chi connectivity index (χ1v) is 10.6. The lowest BCUT2D eigenvalue weighted by molar-refractivity contribution is -0.140. The SMILES string of the molecule is CCc1ccc(C2/C(=C(\O)c3ccc(Cl)cc3)C(=O)C(=O)N2CC2CCCO2)cc1. The first-order chi connectivity index (χ1) is 14.5. The minimum absolute atomic E-state index is 0.101. The van der Waals surface area contributed by atoms with Crippen molar-refractivity contribution in [2.45, 2.75) is 38.3 Å². The van der Waals surface area contributed by atoms with E-state index in [1.54, 1.807) is 29.2 Å². The maximum atomic E-state index is 13.0. The molecule has 30 heavy (non-hydrogen) atoms. The Balaban J connectivity index is 1.80. The minimum Gasteiger partial charge on any atom is -0.507 e. The standard InChI is InChI=1S/C24H24ClNO4/c1-2-15-5-7-16(8-6-15)21-20(22(27)17-9-11-18(25)12-10-17)23(28)24(29)26(21)14-19-4-3-13-30-19/h5-12,19,21,27H,2-4,13-14H2,1H3/b22-20+. The van der Waals surface area contributed by atoms with Crippen molar-refractivity contribution >= 4 is 29.1 Å². The molecule has 2 unspecified atom stereocenters. The van der Waals surface area contributed by atoms with E-state index in [4.69, 9.17) is 16.3 Å². The molecule has 1 N–H and O–H groups in total. The number of hydrogen-bond donors (Lipinski definition) is 1. The van der Waals surface area contributed by atoms with Gasteiger partial charge < -0.3 is 14.7 Å². The third-order valence-electron chi connectivity index (χ3n) is 5.79. The number of aliphatic hydroxyl groups excluding tert-OH is 1. The van der Waals surface area contributed by atoms with E-state index in [0.29, 0.717) is 23.7 Å². The number of likely N-dealkylation sites (tertiary alicyclic amines) is 1. The first kappa shape index (κ1) is 20.6. The highest BCUT2D eigenvalue weighted by molar-refractivity contribution is 6.46. The molecule has 2 aromatic carbocycles. The van der Waals surface area contributed by atoms with E-state index in [-0.39, 0.29) is 17.4 Å². The summed E-state index contributed by atoms with van der Waals surface area (Å²) in [6, 6.07) is 13.7. The van der Waals surface area contributed by atoms with Crippen LogP contribution >= 0.6 is 11.6 Å².